The lowest BCUT2D eigenvalue weighted by molar-refractivity contribution is 0.282. The summed E-state index contributed by atoms with van der Waals surface area (Å²) in [6.45, 7) is 7.59. The van der Waals surface area contributed by atoms with Crippen molar-refractivity contribution in [2.24, 2.45) is 5.41 Å². The normalized spacial score (nSPS) is 20.2. The first-order valence-electron chi connectivity index (χ1n) is 5.59. The van der Waals surface area contributed by atoms with Crippen LogP contribution in [0.1, 0.15) is 26.0 Å². The van der Waals surface area contributed by atoms with Gasteiger partial charge in [0.1, 0.15) is 5.82 Å². The molecule has 4 heteroatoms. The lowest BCUT2D eigenvalue weighted by Crippen LogP contribution is -2.23. The lowest BCUT2D eigenvalue weighted by atomic mass is 9.93. The maximum absolute atomic E-state index is 6.10. The molecule has 1 aromatic heterocycles. The van der Waals surface area contributed by atoms with Gasteiger partial charge in [-0.05, 0) is 30.5 Å². The number of nitrogens with zero attached hydrogens (tertiary/aromatic N) is 2. The van der Waals surface area contributed by atoms with E-state index in [1.165, 1.54) is 6.42 Å². The first-order chi connectivity index (χ1) is 7.46. The molecule has 1 aliphatic heterocycles. The first-order valence-corrected chi connectivity index (χ1v) is 5.97. The summed E-state index contributed by atoms with van der Waals surface area (Å²) in [5.41, 5.74) is 6.96. The third kappa shape index (κ3) is 2.66. The van der Waals surface area contributed by atoms with E-state index >= 15 is 0 Å². The molecular formula is C12H18ClN3. The number of anilines is 1. The molecular weight excluding hydrogens is 222 g/mol. The summed E-state index contributed by atoms with van der Waals surface area (Å²) in [6.07, 6.45) is 1.23. The maximum atomic E-state index is 6.10. The summed E-state index contributed by atoms with van der Waals surface area (Å²) in [4.78, 5) is 6.67. The Morgan fingerprint density at radius 3 is 2.88 bits per heavy atom. The standard InChI is InChI=1S/C12H18ClN3/c1-12(2)5-6-16(8-12)7-10-9(13)3-4-11(14)15-10/h3-4H,5-8H2,1-2H3,(H2,14,15). The van der Waals surface area contributed by atoms with E-state index in [9.17, 15) is 0 Å². The number of hydrogen-bond acceptors (Lipinski definition) is 3. The molecule has 0 radical (unpaired) electrons. The van der Waals surface area contributed by atoms with Crippen LogP contribution in [0.4, 0.5) is 5.82 Å². The number of hydrogen-bond donors (Lipinski definition) is 1. The second-order valence-electron chi connectivity index (χ2n) is 5.29. The Bertz CT molecular complexity index is 390. The Kier molecular flexibility index (Phi) is 3.08. The topological polar surface area (TPSA) is 42.2 Å². The summed E-state index contributed by atoms with van der Waals surface area (Å²) in [7, 11) is 0. The molecule has 0 saturated carbocycles. The number of pyridine rings is 1. The van der Waals surface area contributed by atoms with Crippen LogP contribution in [0.5, 0.6) is 0 Å². The van der Waals surface area contributed by atoms with Crippen LogP contribution in [0.2, 0.25) is 5.02 Å². The highest BCUT2D eigenvalue weighted by molar-refractivity contribution is 6.31. The zero-order valence-electron chi connectivity index (χ0n) is 9.83. The molecule has 2 N–H and O–H groups in total. The van der Waals surface area contributed by atoms with E-state index in [2.05, 4.69) is 23.7 Å². The van der Waals surface area contributed by atoms with Crippen LogP contribution in [0.3, 0.4) is 0 Å². The van der Waals surface area contributed by atoms with Crippen molar-refractivity contribution >= 4 is 17.4 Å². The highest BCUT2D eigenvalue weighted by atomic mass is 35.5. The zero-order chi connectivity index (χ0) is 11.8. The smallest absolute Gasteiger partial charge is 0.123 e. The quantitative estimate of drug-likeness (QED) is 0.863. The Labute approximate surface area is 102 Å². The first kappa shape index (κ1) is 11.7. The summed E-state index contributed by atoms with van der Waals surface area (Å²) in [5.74, 6) is 0.540. The van der Waals surface area contributed by atoms with Gasteiger partial charge in [-0.2, -0.15) is 0 Å². The molecule has 1 fully saturated rings. The number of aromatic nitrogens is 1. The number of halogens is 1. The van der Waals surface area contributed by atoms with Gasteiger partial charge in [0.2, 0.25) is 0 Å². The van der Waals surface area contributed by atoms with Crippen LogP contribution in [0.25, 0.3) is 0 Å². The van der Waals surface area contributed by atoms with Crippen molar-refractivity contribution in [3.8, 4) is 0 Å². The van der Waals surface area contributed by atoms with Crippen molar-refractivity contribution in [1.82, 2.24) is 9.88 Å². The average Bonchev–Trinajstić information content (AvgIpc) is 2.52. The SMILES string of the molecule is CC1(C)CCN(Cc2nc(N)ccc2Cl)C1. The van der Waals surface area contributed by atoms with Gasteiger partial charge in [-0.3, -0.25) is 4.90 Å². The van der Waals surface area contributed by atoms with Gasteiger partial charge >= 0.3 is 0 Å². The fourth-order valence-electron chi connectivity index (χ4n) is 2.18. The Hall–Kier alpha value is -0.800. The summed E-state index contributed by atoms with van der Waals surface area (Å²) < 4.78 is 0. The molecule has 3 nitrogen and oxygen atoms in total. The summed E-state index contributed by atoms with van der Waals surface area (Å²) >= 11 is 6.10. The largest absolute Gasteiger partial charge is 0.384 e. The fourth-order valence-corrected chi connectivity index (χ4v) is 2.35. The minimum absolute atomic E-state index is 0.410. The van der Waals surface area contributed by atoms with E-state index in [1.54, 1.807) is 6.07 Å². The van der Waals surface area contributed by atoms with Crippen LogP contribution in [-0.2, 0) is 6.54 Å². The number of likely N-dealkylation sites (tertiary alicyclic amines) is 1. The van der Waals surface area contributed by atoms with Crippen molar-refractivity contribution in [1.29, 1.82) is 0 Å². The maximum Gasteiger partial charge on any atom is 0.123 e. The lowest BCUT2D eigenvalue weighted by Gasteiger charge is -2.19. The minimum Gasteiger partial charge on any atom is -0.384 e. The molecule has 0 atom stereocenters. The Morgan fingerprint density at radius 1 is 1.50 bits per heavy atom. The van der Waals surface area contributed by atoms with Gasteiger partial charge in [-0.1, -0.05) is 25.4 Å². The summed E-state index contributed by atoms with van der Waals surface area (Å²) in [6, 6.07) is 3.56. The molecule has 0 aliphatic carbocycles. The highest BCUT2D eigenvalue weighted by Crippen LogP contribution is 2.30. The minimum atomic E-state index is 0.410. The van der Waals surface area contributed by atoms with Crippen LogP contribution in [0.15, 0.2) is 12.1 Å². The Morgan fingerprint density at radius 2 is 2.25 bits per heavy atom. The van der Waals surface area contributed by atoms with E-state index in [0.29, 0.717) is 16.3 Å². The van der Waals surface area contributed by atoms with Gasteiger partial charge in [0, 0.05) is 13.1 Å². The molecule has 0 unspecified atom stereocenters. The molecule has 16 heavy (non-hydrogen) atoms. The molecule has 0 amide bonds. The van der Waals surface area contributed by atoms with Crippen LogP contribution >= 0.6 is 11.6 Å². The van der Waals surface area contributed by atoms with Crippen LogP contribution < -0.4 is 5.73 Å². The number of nitrogens with two attached hydrogens (primary N) is 1. The number of rotatable bonds is 2. The van der Waals surface area contributed by atoms with Gasteiger partial charge in [-0.15, -0.1) is 0 Å². The summed E-state index contributed by atoms with van der Waals surface area (Å²) in [5, 5.41) is 0.707. The predicted octanol–water partition coefficient (Wildman–Crippen LogP) is 2.55. The fraction of sp³-hybridized carbons (Fsp3) is 0.583. The van der Waals surface area contributed by atoms with Crippen molar-refractivity contribution in [2.45, 2.75) is 26.8 Å². The molecule has 0 spiro atoms. The second kappa shape index (κ2) is 4.22. The van der Waals surface area contributed by atoms with Crippen molar-refractivity contribution in [3.05, 3.63) is 22.8 Å². The van der Waals surface area contributed by atoms with E-state index < -0.39 is 0 Å². The van der Waals surface area contributed by atoms with E-state index in [-0.39, 0.29) is 0 Å². The average molecular weight is 240 g/mol. The van der Waals surface area contributed by atoms with Gasteiger partial charge in [0.25, 0.3) is 0 Å². The third-order valence-electron chi connectivity index (χ3n) is 3.07. The van der Waals surface area contributed by atoms with Crippen molar-refractivity contribution < 1.29 is 0 Å². The molecule has 88 valence electrons. The molecule has 0 bridgehead atoms. The van der Waals surface area contributed by atoms with Gasteiger partial charge < -0.3 is 5.73 Å². The Balaban J connectivity index is 2.07. The van der Waals surface area contributed by atoms with Crippen molar-refractivity contribution in [3.63, 3.8) is 0 Å². The zero-order valence-corrected chi connectivity index (χ0v) is 10.6. The number of nitrogen functional groups attached to an aromatic ring is 1. The molecule has 2 rings (SSSR count). The van der Waals surface area contributed by atoms with E-state index in [0.717, 1.165) is 25.3 Å². The molecule has 0 aromatic carbocycles. The monoisotopic (exact) mass is 239 g/mol. The molecule has 2 heterocycles. The third-order valence-corrected chi connectivity index (χ3v) is 3.41. The predicted molar refractivity (Wildman–Crippen MR) is 67.3 cm³/mol. The van der Waals surface area contributed by atoms with Crippen molar-refractivity contribution in [2.75, 3.05) is 18.8 Å². The molecule has 1 saturated heterocycles. The van der Waals surface area contributed by atoms with Crippen LogP contribution in [0, 0.1) is 5.41 Å². The molecule has 1 aliphatic rings. The van der Waals surface area contributed by atoms with Gasteiger partial charge in [0.05, 0.1) is 10.7 Å². The second-order valence-corrected chi connectivity index (χ2v) is 5.70. The van der Waals surface area contributed by atoms with E-state index in [1.807, 2.05) is 6.07 Å². The van der Waals surface area contributed by atoms with Crippen LogP contribution in [-0.4, -0.2) is 23.0 Å². The molecule has 1 aromatic rings. The van der Waals surface area contributed by atoms with Gasteiger partial charge in [-0.25, -0.2) is 4.98 Å². The highest BCUT2D eigenvalue weighted by Gasteiger charge is 2.29. The van der Waals surface area contributed by atoms with Gasteiger partial charge in [0.15, 0.2) is 0 Å². The van der Waals surface area contributed by atoms with E-state index in [4.69, 9.17) is 17.3 Å².